The lowest BCUT2D eigenvalue weighted by molar-refractivity contribution is 0.297. The third-order valence-electron chi connectivity index (χ3n) is 4.50. The third-order valence-corrected chi connectivity index (χ3v) is 4.50. The number of aromatic nitrogens is 1. The molecule has 6 heteroatoms. The summed E-state index contributed by atoms with van der Waals surface area (Å²) in [6, 6.07) is 16.0. The van der Waals surface area contributed by atoms with E-state index in [2.05, 4.69) is 21.7 Å². The number of para-hydroxylation sites is 1. The number of pyridine rings is 1. The summed E-state index contributed by atoms with van der Waals surface area (Å²) in [4.78, 5) is 9.17. The van der Waals surface area contributed by atoms with Gasteiger partial charge in [-0.1, -0.05) is 18.2 Å². The highest BCUT2D eigenvalue weighted by Crippen LogP contribution is 2.32. The largest absolute Gasteiger partial charge is 0.490 e. The summed E-state index contributed by atoms with van der Waals surface area (Å²) in [6.45, 7) is 4.73. The standard InChI is InChI=1S/C22H24N4O2/c1-2-23-22(25-15-16-10-11-24-19-7-4-3-6-18(16)19)26-17-8-9-20-21(14-17)28-13-5-12-27-20/h3-4,6-11,14H,2,5,12-13,15H2,1H3,(H2,23,25,26). The fourth-order valence-corrected chi connectivity index (χ4v) is 3.14. The molecule has 2 aromatic carbocycles. The first-order valence-corrected chi connectivity index (χ1v) is 9.61. The van der Waals surface area contributed by atoms with Gasteiger partial charge in [0.15, 0.2) is 17.5 Å². The van der Waals surface area contributed by atoms with Gasteiger partial charge < -0.3 is 20.1 Å². The van der Waals surface area contributed by atoms with Gasteiger partial charge in [-0.3, -0.25) is 4.98 Å². The van der Waals surface area contributed by atoms with E-state index in [1.807, 2.05) is 55.6 Å². The molecule has 0 amide bonds. The second-order valence-electron chi connectivity index (χ2n) is 6.52. The maximum Gasteiger partial charge on any atom is 0.196 e. The van der Waals surface area contributed by atoms with Crippen molar-refractivity contribution in [1.82, 2.24) is 10.3 Å². The molecule has 1 aliphatic heterocycles. The molecule has 0 atom stereocenters. The number of hydrogen-bond donors (Lipinski definition) is 2. The number of aliphatic imine (C=N–C) groups is 1. The summed E-state index contributed by atoms with van der Waals surface area (Å²) in [5.74, 6) is 2.27. The van der Waals surface area contributed by atoms with Crippen molar-refractivity contribution in [3.63, 3.8) is 0 Å². The lowest BCUT2D eigenvalue weighted by Crippen LogP contribution is -2.30. The second-order valence-corrected chi connectivity index (χ2v) is 6.52. The quantitative estimate of drug-likeness (QED) is 0.533. The first kappa shape index (κ1) is 18.1. The Bertz CT molecular complexity index is 982. The van der Waals surface area contributed by atoms with Gasteiger partial charge in [0.25, 0.3) is 0 Å². The number of hydrogen-bond acceptors (Lipinski definition) is 4. The molecule has 0 bridgehead atoms. The highest BCUT2D eigenvalue weighted by atomic mass is 16.5. The number of nitrogens with one attached hydrogen (secondary N) is 2. The molecule has 0 fully saturated rings. The normalized spacial score (nSPS) is 13.8. The van der Waals surface area contributed by atoms with Crippen LogP contribution in [0.4, 0.5) is 5.69 Å². The van der Waals surface area contributed by atoms with Crippen LogP contribution in [0.1, 0.15) is 18.9 Å². The Hall–Kier alpha value is -3.28. The van der Waals surface area contributed by atoms with Crippen LogP contribution in [-0.4, -0.2) is 30.7 Å². The number of nitrogens with zero attached hydrogens (tertiary/aromatic N) is 2. The van der Waals surface area contributed by atoms with E-state index in [9.17, 15) is 0 Å². The van der Waals surface area contributed by atoms with E-state index in [4.69, 9.17) is 14.5 Å². The number of benzene rings is 2. The summed E-state index contributed by atoms with van der Waals surface area (Å²) in [6.07, 6.45) is 2.72. The monoisotopic (exact) mass is 376 g/mol. The number of fused-ring (bicyclic) bond motifs is 2. The van der Waals surface area contributed by atoms with Gasteiger partial charge in [-0.2, -0.15) is 0 Å². The molecule has 1 aromatic heterocycles. The summed E-state index contributed by atoms with van der Waals surface area (Å²) >= 11 is 0. The molecule has 3 aromatic rings. The van der Waals surface area contributed by atoms with Gasteiger partial charge in [-0.15, -0.1) is 0 Å². The van der Waals surface area contributed by atoms with Gasteiger partial charge in [0.05, 0.1) is 25.3 Å². The predicted octanol–water partition coefficient (Wildman–Crippen LogP) is 3.97. The number of anilines is 1. The first-order valence-electron chi connectivity index (χ1n) is 9.61. The Morgan fingerprint density at radius 2 is 1.93 bits per heavy atom. The molecule has 2 N–H and O–H groups in total. The van der Waals surface area contributed by atoms with Crippen molar-refractivity contribution >= 4 is 22.5 Å². The van der Waals surface area contributed by atoms with Crippen LogP contribution < -0.4 is 20.1 Å². The van der Waals surface area contributed by atoms with E-state index in [1.165, 1.54) is 0 Å². The van der Waals surface area contributed by atoms with Crippen molar-refractivity contribution in [2.24, 2.45) is 4.99 Å². The average molecular weight is 376 g/mol. The van der Waals surface area contributed by atoms with Gasteiger partial charge in [0.1, 0.15) is 0 Å². The highest BCUT2D eigenvalue weighted by molar-refractivity contribution is 5.94. The molecule has 0 saturated heterocycles. The Morgan fingerprint density at radius 3 is 2.82 bits per heavy atom. The summed E-state index contributed by atoms with van der Waals surface area (Å²) in [5, 5.41) is 7.77. The van der Waals surface area contributed by atoms with Gasteiger partial charge >= 0.3 is 0 Å². The molecule has 6 nitrogen and oxygen atoms in total. The third kappa shape index (κ3) is 4.17. The summed E-state index contributed by atoms with van der Waals surface area (Å²) < 4.78 is 11.5. The minimum Gasteiger partial charge on any atom is -0.490 e. The zero-order valence-corrected chi connectivity index (χ0v) is 15.9. The maximum atomic E-state index is 5.78. The van der Waals surface area contributed by atoms with Crippen molar-refractivity contribution in [3.05, 3.63) is 60.3 Å². The molecule has 0 saturated carbocycles. The van der Waals surface area contributed by atoms with Crippen LogP contribution in [0.3, 0.4) is 0 Å². The average Bonchev–Trinajstić information content (AvgIpc) is 2.97. The first-order chi connectivity index (χ1) is 13.8. The Labute approximate surface area is 164 Å². The van der Waals surface area contributed by atoms with Crippen molar-refractivity contribution in [1.29, 1.82) is 0 Å². The molecule has 1 aliphatic rings. The number of ether oxygens (including phenoxy) is 2. The Kier molecular flexibility index (Phi) is 5.56. The van der Waals surface area contributed by atoms with Crippen LogP contribution in [0.25, 0.3) is 10.9 Å². The highest BCUT2D eigenvalue weighted by Gasteiger charge is 2.11. The minimum atomic E-state index is 0.558. The molecule has 0 unspecified atom stereocenters. The molecule has 2 heterocycles. The van der Waals surface area contributed by atoms with E-state index < -0.39 is 0 Å². The molecule has 0 radical (unpaired) electrons. The van der Waals surface area contributed by atoms with Crippen molar-refractivity contribution in [2.45, 2.75) is 19.9 Å². The Morgan fingerprint density at radius 1 is 1.07 bits per heavy atom. The second kappa shape index (κ2) is 8.61. The Balaban J connectivity index is 1.54. The van der Waals surface area contributed by atoms with Crippen LogP contribution in [0.15, 0.2) is 59.7 Å². The zero-order chi connectivity index (χ0) is 19.2. The molecule has 4 rings (SSSR count). The number of guanidine groups is 1. The smallest absolute Gasteiger partial charge is 0.196 e. The lowest BCUT2D eigenvalue weighted by atomic mass is 10.1. The fourth-order valence-electron chi connectivity index (χ4n) is 3.14. The molecule has 0 aliphatic carbocycles. The van der Waals surface area contributed by atoms with Crippen molar-refractivity contribution in [2.75, 3.05) is 25.1 Å². The molecular weight excluding hydrogens is 352 g/mol. The van der Waals surface area contributed by atoms with E-state index in [-0.39, 0.29) is 0 Å². The zero-order valence-electron chi connectivity index (χ0n) is 15.9. The van der Waals surface area contributed by atoms with Crippen LogP contribution in [0.2, 0.25) is 0 Å². The molecule has 144 valence electrons. The maximum absolute atomic E-state index is 5.78. The van der Waals surface area contributed by atoms with Crippen LogP contribution in [0, 0.1) is 0 Å². The van der Waals surface area contributed by atoms with Gasteiger partial charge in [0, 0.05) is 36.3 Å². The molecular formula is C22H24N4O2. The van der Waals surface area contributed by atoms with E-state index in [0.717, 1.165) is 52.6 Å². The van der Waals surface area contributed by atoms with E-state index in [1.54, 1.807) is 0 Å². The van der Waals surface area contributed by atoms with E-state index >= 15 is 0 Å². The van der Waals surface area contributed by atoms with E-state index in [0.29, 0.717) is 19.8 Å². The lowest BCUT2D eigenvalue weighted by Gasteiger charge is -2.14. The van der Waals surface area contributed by atoms with Crippen LogP contribution >= 0.6 is 0 Å². The van der Waals surface area contributed by atoms with Crippen molar-refractivity contribution in [3.8, 4) is 11.5 Å². The topological polar surface area (TPSA) is 67.8 Å². The number of rotatable bonds is 4. The van der Waals surface area contributed by atoms with Crippen molar-refractivity contribution < 1.29 is 9.47 Å². The predicted molar refractivity (Wildman–Crippen MR) is 112 cm³/mol. The van der Waals surface area contributed by atoms with Crippen LogP contribution in [-0.2, 0) is 6.54 Å². The van der Waals surface area contributed by atoms with Crippen LogP contribution in [0.5, 0.6) is 11.5 Å². The molecule has 0 spiro atoms. The van der Waals surface area contributed by atoms with Gasteiger partial charge in [0.2, 0.25) is 0 Å². The molecule has 28 heavy (non-hydrogen) atoms. The van der Waals surface area contributed by atoms with Gasteiger partial charge in [-0.05, 0) is 36.8 Å². The summed E-state index contributed by atoms with van der Waals surface area (Å²) in [5.41, 5.74) is 3.03. The summed E-state index contributed by atoms with van der Waals surface area (Å²) in [7, 11) is 0. The minimum absolute atomic E-state index is 0.558. The van der Waals surface area contributed by atoms with Gasteiger partial charge in [-0.25, -0.2) is 4.99 Å². The SMILES string of the molecule is CCNC(=NCc1ccnc2ccccc12)Nc1ccc2c(c1)OCCCO2. The fraction of sp³-hybridized carbons (Fsp3) is 0.273.